The molecule has 6 heteroatoms. The van der Waals surface area contributed by atoms with Gasteiger partial charge in [0, 0.05) is 0 Å². The largest absolute Gasteiger partial charge is 0.489 e. The third-order valence-electron chi connectivity index (χ3n) is 3.89. The lowest BCUT2D eigenvalue weighted by Gasteiger charge is -2.31. The maximum Gasteiger partial charge on any atom is 0.339 e. The molecule has 1 fully saturated rings. The molecule has 0 aromatic heterocycles. The molecule has 3 rings (SSSR count). The zero-order valence-electron chi connectivity index (χ0n) is 11.7. The average Bonchev–Trinajstić information content (AvgIpc) is 2.91. The third kappa shape index (κ3) is 2.47. The molecular formula is C15H17NO5. The molecule has 2 atom stereocenters. The number of para-hydroxylation sites is 1. The number of aromatic carboxylic acids is 1. The molecule has 2 aliphatic heterocycles. The van der Waals surface area contributed by atoms with Crippen LogP contribution in [0.25, 0.3) is 0 Å². The summed E-state index contributed by atoms with van der Waals surface area (Å²) in [5, 5.41) is 9.21. The van der Waals surface area contributed by atoms with Gasteiger partial charge in [-0.15, -0.1) is 0 Å². The second kappa shape index (κ2) is 5.37. The van der Waals surface area contributed by atoms with Crippen molar-refractivity contribution >= 4 is 17.6 Å². The molecule has 0 saturated carbocycles. The molecule has 1 aromatic rings. The number of ether oxygens (including phenoxy) is 2. The topological polar surface area (TPSA) is 76.1 Å². The lowest BCUT2D eigenvalue weighted by Crippen LogP contribution is -2.42. The summed E-state index contributed by atoms with van der Waals surface area (Å²) in [6.45, 7) is 3.10. The summed E-state index contributed by atoms with van der Waals surface area (Å²) in [6.07, 6.45) is 0.786. The Morgan fingerprint density at radius 1 is 1.38 bits per heavy atom. The lowest BCUT2D eigenvalue weighted by molar-refractivity contribution is -0.122. The van der Waals surface area contributed by atoms with E-state index in [0.717, 1.165) is 0 Å². The number of anilines is 1. The molecule has 2 heterocycles. The van der Waals surface area contributed by atoms with Gasteiger partial charge in [-0.25, -0.2) is 4.79 Å². The molecule has 112 valence electrons. The van der Waals surface area contributed by atoms with Crippen molar-refractivity contribution in [3.63, 3.8) is 0 Å². The molecular weight excluding hydrogens is 274 g/mol. The fourth-order valence-corrected chi connectivity index (χ4v) is 2.86. The van der Waals surface area contributed by atoms with Crippen LogP contribution in [0.5, 0.6) is 5.75 Å². The zero-order chi connectivity index (χ0) is 15.0. The summed E-state index contributed by atoms with van der Waals surface area (Å²) in [4.78, 5) is 25.5. The molecule has 1 aromatic carbocycles. The number of nitrogens with zero attached hydrogens (tertiary/aromatic N) is 1. The van der Waals surface area contributed by atoms with Crippen LogP contribution in [0.2, 0.25) is 0 Å². The quantitative estimate of drug-likeness (QED) is 0.894. The lowest BCUT2D eigenvalue weighted by atomic mass is 10.0. The van der Waals surface area contributed by atoms with Gasteiger partial charge < -0.3 is 19.5 Å². The van der Waals surface area contributed by atoms with Gasteiger partial charge in [-0.1, -0.05) is 6.07 Å². The molecule has 1 amide bonds. The number of rotatable bonds is 2. The van der Waals surface area contributed by atoms with Crippen molar-refractivity contribution in [2.75, 3.05) is 24.7 Å². The van der Waals surface area contributed by atoms with Gasteiger partial charge in [0.15, 0.2) is 5.75 Å². The van der Waals surface area contributed by atoms with Crippen LogP contribution < -0.4 is 9.64 Å². The second-order valence-corrected chi connectivity index (χ2v) is 5.37. The van der Waals surface area contributed by atoms with Crippen molar-refractivity contribution in [1.29, 1.82) is 0 Å². The molecule has 0 spiro atoms. The Hall–Kier alpha value is -2.08. The van der Waals surface area contributed by atoms with Crippen molar-refractivity contribution in [3.8, 4) is 5.75 Å². The molecule has 1 saturated heterocycles. The minimum absolute atomic E-state index is 0.0218. The van der Waals surface area contributed by atoms with Crippen LogP contribution in [0.1, 0.15) is 23.7 Å². The van der Waals surface area contributed by atoms with Crippen LogP contribution in [0.3, 0.4) is 0 Å². The standard InChI is InChI=1S/C15H17NO5/c1-9-7-10(8-21-9)14(17)16-5-6-20-13-11(15(18)19)3-2-4-12(13)16/h2-4,9-10H,5-8H2,1H3,(H,18,19). The van der Waals surface area contributed by atoms with E-state index in [1.54, 1.807) is 17.0 Å². The summed E-state index contributed by atoms with van der Waals surface area (Å²) in [5.41, 5.74) is 0.617. The van der Waals surface area contributed by atoms with Crippen molar-refractivity contribution in [3.05, 3.63) is 23.8 Å². The van der Waals surface area contributed by atoms with E-state index in [2.05, 4.69) is 0 Å². The van der Waals surface area contributed by atoms with Crippen molar-refractivity contribution in [2.24, 2.45) is 5.92 Å². The molecule has 6 nitrogen and oxygen atoms in total. The van der Waals surface area contributed by atoms with E-state index < -0.39 is 5.97 Å². The first-order valence-electron chi connectivity index (χ1n) is 7.00. The number of amides is 1. The number of carboxylic acid groups (broad SMARTS) is 1. The maximum atomic E-state index is 12.6. The number of carbonyl (C=O) groups excluding carboxylic acids is 1. The molecule has 1 N–H and O–H groups in total. The van der Waals surface area contributed by atoms with Gasteiger partial charge in [-0.05, 0) is 25.5 Å². The van der Waals surface area contributed by atoms with E-state index >= 15 is 0 Å². The maximum absolute atomic E-state index is 12.6. The van der Waals surface area contributed by atoms with Gasteiger partial charge >= 0.3 is 5.97 Å². The zero-order valence-corrected chi connectivity index (χ0v) is 11.7. The van der Waals surface area contributed by atoms with E-state index in [1.165, 1.54) is 6.07 Å². The van der Waals surface area contributed by atoms with Crippen LogP contribution in [0.15, 0.2) is 18.2 Å². The van der Waals surface area contributed by atoms with Crippen molar-refractivity contribution in [1.82, 2.24) is 0 Å². The Labute approximate surface area is 122 Å². The monoisotopic (exact) mass is 291 g/mol. The van der Waals surface area contributed by atoms with Gasteiger partial charge in [0.05, 0.1) is 30.9 Å². The van der Waals surface area contributed by atoms with E-state index in [9.17, 15) is 14.7 Å². The summed E-state index contributed by atoms with van der Waals surface area (Å²) in [7, 11) is 0. The Kier molecular flexibility index (Phi) is 3.55. The Morgan fingerprint density at radius 2 is 2.19 bits per heavy atom. The van der Waals surface area contributed by atoms with Crippen molar-refractivity contribution < 1.29 is 24.2 Å². The van der Waals surface area contributed by atoms with Crippen LogP contribution in [-0.2, 0) is 9.53 Å². The minimum Gasteiger partial charge on any atom is -0.489 e. The smallest absolute Gasteiger partial charge is 0.339 e. The van der Waals surface area contributed by atoms with E-state index in [4.69, 9.17) is 9.47 Å². The van der Waals surface area contributed by atoms with Crippen LogP contribution >= 0.6 is 0 Å². The fourth-order valence-electron chi connectivity index (χ4n) is 2.86. The Balaban J connectivity index is 1.92. The molecule has 0 bridgehead atoms. The first-order chi connectivity index (χ1) is 10.1. The fraction of sp³-hybridized carbons (Fsp3) is 0.467. The van der Waals surface area contributed by atoms with E-state index in [0.29, 0.717) is 31.9 Å². The predicted molar refractivity (Wildman–Crippen MR) is 74.8 cm³/mol. The Morgan fingerprint density at radius 3 is 2.86 bits per heavy atom. The van der Waals surface area contributed by atoms with Gasteiger partial charge in [0.25, 0.3) is 0 Å². The number of hydrogen-bond donors (Lipinski definition) is 1. The van der Waals surface area contributed by atoms with Crippen LogP contribution in [0, 0.1) is 5.92 Å². The van der Waals surface area contributed by atoms with Crippen LogP contribution in [0.4, 0.5) is 5.69 Å². The molecule has 2 unspecified atom stereocenters. The molecule has 0 radical (unpaired) electrons. The third-order valence-corrected chi connectivity index (χ3v) is 3.89. The highest BCUT2D eigenvalue weighted by Crippen LogP contribution is 2.36. The molecule has 21 heavy (non-hydrogen) atoms. The number of carbonyl (C=O) groups is 2. The summed E-state index contributed by atoms with van der Waals surface area (Å²) in [5.74, 6) is -0.971. The van der Waals surface area contributed by atoms with Gasteiger partial charge in [-0.3, -0.25) is 4.79 Å². The SMILES string of the molecule is CC1CC(C(=O)N2CCOc3c(C(=O)O)cccc32)CO1. The first-order valence-corrected chi connectivity index (χ1v) is 7.00. The highest BCUT2D eigenvalue weighted by atomic mass is 16.5. The molecule has 0 aliphatic carbocycles. The second-order valence-electron chi connectivity index (χ2n) is 5.37. The average molecular weight is 291 g/mol. The van der Waals surface area contributed by atoms with E-state index in [-0.39, 0.29) is 29.2 Å². The van der Waals surface area contributed by atoms with Gasteiger partial charge in [0.2, 0.25) is 5.91 Å². The van der Waals surface area contributed by atoms with E-state index in [1.807, 2.05) is 6.92 Å². The van der Waals surface area contributed by atoms with Crippen molar-refractivity contribution in [2.45, 2.75) is 19.4 Å². The normalized spacial score (nSPS) is 24.3. The number of carboxylic acids is 1. The summed E-state index contributed by atoms with van der Waals surface area (Å²) < 4.78 is 10.9. The number of fused-ring (bicyclic) bond motifs is 1. The highest BCUT2D eigenvalue weighted by molar-refractivity contribution is 6.01. The first kappa shape index (κ1) is 13.9. The van der Waals surface area contributed by atoms with Gasteiger partial charge in [-0.2, -0.15) is 0 Å². The summed E-state index contributed by atoms with van der Waals surface area (Å²) >= 11 is 0. The number of hydrogen-bond acceptors (Lipinski definition) is 4. The molecule has 2 aliphatic rings. The Bertz CT molecular complexity index is 585. The summed E-state index contributed by atoms with van der Waals surface area (Å²) in [6, 6.07) is 4.83. The number of benzene rings is 1. The predicted octanol–water partition coefficient (Wildman–Crippen LogP) is 1.54. The van der Waals surface area contributed by atoms with Crippen LogP contribution in [-0.4, -0.2) is 42.8 Å². The highest BCUT2D eigenvalue weighted by Gasteiger charge is 2.35. The van der Waals surface area contributed by atoms with Gasteiger partial charge in [0.1, 0.15) is 12.2 Å². The minimum atomic E-state index is -1.06.